The zero-order valence-electron chi connectivity index (χ0n) is 15.1. The van der Waals surface area contributed by atoms with Crippen LogP contribution in [-0.4, -0.2) is 38.8 Å². The molecule has 0 unspecified atom stereocenters. The van der Waals surface area contributed by atoms with Crippen molar-refractivity contribution in [2.24, 2.45) is 0 Å². The van der Waals surface area contributed by atoms with E-state index in [0.29, 0.717) is 0 Å². The summed E-state index contributed by atoms with van der Waals surface area (Å²) in [6.45, 7) is 0. The number of methoxy groups -OCH3 is 2. The summed E-state index contributed by atoms with van der Waals surface area (Å²) in [7, 11) is 3.32. The van der Waals surface area contributed by atoms with Gasteiger partial charge in [-0.15, -0.1) is 11.3 Å². The Morgan fingerprint density at radius 2 is 1.89 bits per heavy atom. The highest BCUT2D eigenvalue weighted by Gasteiger charge is 2.12. The SMILES string of the molecule is COc1cc(CCCc2nc3c(-c4cncs4)nccn3n2)cc(OC)c1. The first-order valence-corrected chi connectivity index (χ1v) is 9.46. The molecule has 3 heterocycles. The lowest BCUT2D eigenvalue weighted by Gasteiger charge is -2.08. The lowest BCUT2D eigenvalue weighted by molar-refractivity contribution is 0.393. The monoisotopic (exact) mass is 381 g/mol. The Morgan fingerprint density at radius 3 is 2.59 bits per heavy atom. The molecule has 0 amide bonds. The zero-order chi connectivity index (χ0) is 18.6. The standard InChI is InChI=1S/C19H19N5O2S/c1-25-14-8-13(9-15(10-14)26-2)4-3-5-17-22-19-18(16-11-20-12-27-16)21-6-7-24(19)23-17/h6-12H,3-5H2,1-2H3. The quantitative estimate of drug-likeness (QED) is 0.488. The van der Waals surface area contributed by atoms with Crippen molar-refractivity contribution in [2.45, 2.75) is 19.3 Å². The fraction of sp³-hybridized carbons (Fsp3) is 0.263. The summed E-state index contributed by atoms with van der Waals surface area (Å²) in [5, 5.41) is 4.58. The summed E-state index contributed by atoms with van der Waals surface area (Å²) in [4.78, 5) is 14.2. The topological polar surface area (TPSA) is 74.4 Å². The molecule has 0 radical (unpaired) electrons. The van der Waals surface area contributed by atoms with E-state index in [1.807, 2.05) is 24.4 Å². The number of nitrogens with zero attached hydrogens (tertiary/aromatic N) is 5. The Kier molecular flexibility index (Phi) is 4.97. The molecule has 3 aromatic heterocycles. The number of hydrogen-bond acceptors (Lipinski definition) is 7. The van der Waals surface area contributed by atoms with E-state index in [2.05, 4.69) is 20.1 Å². The van der Waals surface area contributed by atoms with Crippen molar-refractivity contribution in [2.75, 3.05) is 14.2 Å². The minimum Gasteiger partial charge on any atom is -0.497 e. The van der Waals surface area contributed by atoms with Crippen molar-refractivity contribution in [1.82, 2.24) is 24.6 Å². The number of rotatable bonds is 7. The lowest BCUT2D eigenvalue weighted by atomic mass is 10.1. The van der Waals surface area contributed by atoms with E-state index in [1.165, 1.54) is 5.56 Å². The summed E-state index contributed by atoms with van der Waals surface area (Å²) >= 11 is 1.54. The van der Waals surface area contributed by atoms with Gasteiger partial charge in [0.15, 0.2) is 11.5 Å². The van der Waals surface area contributed by atoms with E-state index >= 15 is 0 Å². The number of thiazole rings is 1. The van der Waals surface area contributed by atoms with Crippen LogP contribution >= 0.6 is 11.3 Å². The fourth-order valence-electron chi connectivity index (χ4n) is 2.94. The molecule has 7 nitrogen and oxygen atoms in total. The van der Waals surface area contributed by atoms with Crippen molar-refractivity contribution in [3.8, 4) is 22.1 Å². The second kappa shape index (κ2) is 7.71. The maximum Gasteiger partial charge on any atom is 0.182 e. The molecule has 0 saturated heterocycles. The van der Waals surface area contributed by atoms with E-state index in [0.717, 1.165) is 52.8 Å². The molecular formula is C19H19N5O2S. The predicted molar refractivity (Wildman–Crippen MR) is 103 cm³/mol. The van der Waals surface area contributed by atoms with Crippen LogP contribution in [0.1, 0.15) is 17.8 Å². The van der Waals surface area contributed by atoms with E-state index in [1.54, 1.807) is 48.0 Å². The molecule has 4 aromatic rings. The Labute approximate surface area is 160 Å². The Balaban J connectivity index is 1.49. The van der Waals surface area contributed by atoms with Crippen molar-refractivity contribution in [1.29, 1.82) is 0 Å². The highest BCUT2D eigenvalue weighted by Crippen LogP contribution is 2.25. The largest absolute Gasteiger partial charge is 0.497 e. The molecule has 0 saturated carbocycles. The van der Waals surface area contributed by atoms with Crippen LogP contribution < -0.4 is 9.47 Å². The first-order chi connectivity index (χ1) is 13.3. The number of hydrogen-bond donors (Lipinski definition) is 0. The van der Waals surface area contributed by atoms with Gasteiger partial charge in [0, 0.05) is 31.1 Å². The lowest BCUT2D eigenvalue weighted by Crippen LogP contribution is -1.95. The molecule has 27 heavy (non-hydrogen) atoms. The van der Waals surface area contributed by atoms with Gasteiger partial charge < -0.3 is 9.47 Å². The van der Waals surface area contributed by atoms with E-state index in [-0.39, 0.29) is 0 Å². The highest BCUT2D eigenvalue weighted by atomic mass is 32.1. The number of fused-ring (bicyclic) bond motifs is 1. The third kappa shape index (κ3) is 3.75. The highest BCUT2D eigenvalue weighted by molar-refractivity contribution is 7.13. The van der Waals surface area contributed by atoms with Crippen molar-refractivity contribution >= 4 is 17.0 Å². The molecule has 0 aliphatic rings. The summed E-state index contributed by atoms with van der Waals surface area (Å²) < 4.78 is 12.4. The molecule has 0 bridgehead atoms. The number of ether oxygens (including phenoxy) is 2. The molecule has 1 aromatic carbocycles. The van der Waals surface area contributed by atoms with Crippen LogP contribution in [0.4, 0.5) is 0 Å². The van der Waals surface area contributed by atoms with Crippen LogP contribution in [0, 0.1) is 0 Å². The van der Waals surface area contributed by atoms with Crippen LogP contribution in [0.2, 0.25) is 0 Å². The summed E-state index contributed by atoms with van der Waals surface area (Å²) in [5.74, 6) is 2.41. The van der Waals surface area contributed by atoms with E-state index < -0.39 is 0 Å². The van der Waals surface area contributed by atoms with Gasteiger partial charge in [0.05, 0.1) is 24.6 Å². The summed E-state index contributed by atoms with van der Waals surface area (Å²) in [6, 6.07) is 5.94. The average molecular weight is 381 g/mol. The Bertz CT molecular complexity index is 1020. The first-order valence-electron chi connectivity index (χ1n) is 8.58. The maximum atomic E-state index is 5.33. The van der Waals surface area contributed by atoms with Gasteiger partial charge in [-0.05, 0) is 30.5 Å². The minimum absolute atomic E-state index is 0.764. The van der Waals surface area contributed by atoms with Gasteiger partial charge in [-0.2, -0.15) is 5.10 Å². The van der Waals surface area contributed by atoms with Gasteiger partial charge in [-0.25, -0.2) is 14.5 Å². The van der Waals surface area contributed by atoms with Crippen molar-refractivity contribution < 1.29 is 9.47 Å². The molecular weight excluding hydrogens is 362 g/mol. The van der Waals surface area contributed by atoms with Gasteiger partial charge in [-0.1, -0.05) is 0 Å². The third-order valence-corrected chi connectivity index (χ3v) is 5.02. The maximum absolute atomic E-state index is 5.33. The van der Waals surface area contributed by atoms with Gasteiger partial charge in [0.2, 0.25) is 0 Å². The predicted octanol–water partition coefficient (Wildman–Crippen LogP) is 3.44. The van der Waals surface area contributed by atoms with Crippen molar-refractivity contribution in [3.63, 3.8) is 0 Å². The molecule has 0 fully saturated rings. The molecule has 138 valence electrons. The van der Waals surface area contributed by atoms with E-state index in [4.69, 9.17) is 9.47 Å². The van der Waals surface area contributed by atoms with Crippen LogP contribution in [0.25, 0.3) is 16.2 Å². The molecule has 0 aliphatic heterocycles. The van der Waals surface area contributed by atoms with Gasteiger partial charge >= 0.3 is 0 Å². The summed E-state index contributed by atoms with van der Waals surface area (Å²) in [6.07, 6.45) is 7.97. The number of aromatic nitrogens is 5. The molecule has 0 aliphatic carbocycles. The molecule has 0 spiro atoms. The Morgan fingerprint density at radius 1 is 1.07 bits per heavy atom. The molecule has 8 heteroatoms. The normalized spacial score (nSPS) is 11.0. The fourth-order valence-corrected chi connectivity index (χ4v) is 3.55. The zero-order valence-corrected chi connectivity index (χ0v) is 15.9. The van der Waals surface area contributed by atoms with Crippen LogP contribution in [-0.2, 0) is 12.8 Å². The van der Waals surface area contributed by atoms with E-state index in [9.17, 15) is 0 Å². The molecule has 4 rings (SSSR count). The Hall–Kier alpha value is -3.00. The first kappa shape index (κ1) is 17.4. The average Bonchev–Trinajstić information content (AvgIpc) is 3.37. The van der Waals surface area contributed by atoms with Gasteiger partial charge in [0.25, 0.3) is 0 Å². The van der Waals surface area contributed by atoms with Crippen LogP contribution in [0.3, 0.4) is 0 Å². The number of aryl methyl sites for hydroxylation is 2. The third-order valence-electron chi connectivity index (χ3n) is 4.24. The smallest absolute Gasteiger partial charge is 0.182 e. The number of benzene rings is 1. The van der Waals surface area contributed by atoms with Gasteiger partial charge in [-0.3, -0.25) is 4.98 Å². The van der Waals surface area contributed by atoms with Crippen molar-refractivity contribution in [3.05, 3.63) is 53.7 Å². The molecule has 0 atom stereocenters. The van der Waals surface area contributed by atoms with Crippen LogP contribution in [0.15, 0.2) is 42.3 Å². The van der Waals surface area contributed by atoms with Crippen LogP contribution in [0.5, 0.6) is 11.5 Å². The molecule has 0 N–H and O–H groups in total. The summed E-state index contributed by atoms with van der Waals surface area (Å²) in [5.41, 5.74) is 4.54. The van der Waals surface area contributed by atoms with Gasteiger partial charge in [0.1, 0.15) is 17.2 Å². The second-order valence-corrected chi connectivity index (χ2v) is 6.90. The second-order valence-electron chi connectivity index (χ2n) is 6.01. The minimum atomic E-state index is 0.764.